The zero-order chi connectivity index (χ0) is 15.9. The van der Waals surface area contributed by atoms with Crippen LogP contribution in [0.4, 0.5) is 5.69 Å². The van der Waals surface area contributed by atoms with Crippen LogP contribution in [0.3, 0.4) is 0 Å². The molecule has 0 spiro atoms. The van der Waals surface area contributed by atoms with E-state index in [9.17, 15) is 0 Å². The van der Waals surface area contributed by atoms with Crippen LogP contribution in [-0.4, -0.2) is 44.0 Å². The number of morpholine rings is 1. The van der Waals surface area contributed by atoms with E-state index in [1.165, 1.54) is 12.1 Å². The van der Waals surface area contributed by atoms with E-state index in [0.29, 0.717) is 5.11 Å². The van der Waals surface area contributed by atoms with E-state index >= 15 is 0 Å². The monoisotopic (exact) mass is 322 g/mol. The molecule has 0 aliphatic carbocycles. The molecular weight excluding hydrogens is 294 g/mol. The Morgan fingerprint density at radius 3 is 3.00 bits per heavy atom. The molecule has 1 fully saturated rings. The number of nitrogens with one attached hydrogen (secondary N) is 3. The van der Waals surface area contributed by atoms with Crippen molar-refractivity contribution in [2.75, 3.05) is 38.1 Å². The van der Waals surface area contributed by atoms with Crippen LogP contribution < -0.4 is 15.5 Å². The number of anilines is 1. The first-order chi connectivity index (χ1) is 10.5. The number of benzene rings is 1. The van der Waals surface area contributed by atoms with E-state index < -0.39 is 0 Å². The van der Waals surface area contributed by atoms with Crippen molar-refractivity contribution in [2.24, 2.45) is 5.92 Å². The van der Waals surface area contributed by atoms with Crippen LogP contribution in [0, 0.1) is 12.8 Å². The summed E-state index contributed by atoms with van der Waals surface area (Å²) >= 11 is 5.36. The third-order valence-electron chi connectivity index (χ3n) is 3.79. The summed E-state index contributed by atoms with van der Waals surface area (Å²) in [6.07, 6.45) is 0.236. The molecule has 1 saturated heterocycles. The molecule has 0 saturated carbocycles. The highest BCUT2D eigenvalue weighted by molar-refractivity contribution is 7.80. The minimum absolute atomic E-state index is 0.236. The van der Waals surface area contributed by atoms with Gasteiger partial charge in [0, 0.05) is 18.2 Å². The van der Waals surface area contributed by atoms with Crippen LogP contribution >= 0.6 is 12.2 Å². The molecule has 1 aliphatic heterocycles. The van der Waals surface area contributed by atoms with Crippen molar-refractivity contribution < 1.29 is 9.64 Å². The molecule has 2 atom stereocenters. The van der Waals surface area contributed by atoms with Gasteiger partial charge in [-0.15, -0.1) is 0 Å². The SMILES string of the molecule is Cc1cccc(NC(=S)NC[C@H]2C[NH+](CC(C)C)CCO2)c1. The fourth-order valence-corrected chi connectivity index (χ4v) is 3.05. The highest BCUT2D eigenvalue weighted by Gasteiger charge is 2.24. The van der Waals surface area contributed by atoms with E-state index in [2.05, 4.69) is 43.5 Å². The van der Waals surface area contributed by atoms with E-state index in [-0.39, 0.29) is 6.10 Å². The maximum atomic E-state index is 5.84. The van der Waals surface area contributed by atoms with Gasteiger partial charge >= 0.3 is 0 Å². The van der Waals surface area contributed by atoms with E-state index in [1.54, 1.807) is 4.90 Å². The van der Waals surface area contributed by atoms with Crippen molar-refractivity contribution in [3.63, 3.8) is 0 Å². The molecule has 5 heteroatoms. The lowest BCUT2D eigenvalue weighted by Gasteiger charge is -2.31. The second-order valence-electron chi connectivity index (χ2n) is 6.50. The maximum Gasteiger partial charge on any atom is 0.170 e. The van der Waals surface area contributed by atoms with Gasteiger partial charge in [0.25, 0.3) is 0 Å². The standard InChI is InChI=1S/C17H27N3OS/c1-13(2)11-20-7-8-21-16(12-20)10-18-17(22)19-15-6-4-5-14(3)9-15/h4-6,9,13,16H,7-8,10-12H2,1-3H3,(H2,18,19,22)/p+1/t16-/m0/s1. The molecule has 1 heterocycles. The van der Waals surface area contributed by atoms with Crippen molar-refractivity contribution in [1.82, 2.24) is 5.32 Å². The first-order valence-corrected chi connectivity index (χ1v) is 8.50. The largest absolute Gasteiger partial charge is 0.365 e. The third kappa shape index (κ3) is 5.91. The summed E-state index contributed by atoms with van der Waals surface area (Å²) in [7, 11) is 0. The average Bonchev–Trinajstić information content (AvgIpc) is 2.45. The smallest absolute Gasteiger partial charge is 0.170 e. The van der Waals surface area contributed by atoms with Gasteiger partial charge in [0.05, 0.1) is 13.2 Å². The Labute approximate surface area is 139 Å². The predicted molar refractivity (Wildman–Crippen MR) is 95.5 cm³/mol. The molecule has 0 amide bonds. The van der Waals surface area contributed by atoms with Gasteiger partial charge in [0.2, 0.25) is 0 Å². The number of hydrogen-bond donors (Lipinski definition) is 3. The summed E-state index contributed by atoms with van der Waals surface area (Å²) in [6, 6.07) is 8.20. The van der Waals surface area contributed by atoms with E-state index in [4.69, 9.17) is 17.0 Å². The van der Waals surface area contributed by atoms with Crippen LogP contribution in [0.1, 0.15) is 19.4 Å². The van der Waals surface area contributed by atoms with Crippen LogP contribution in [-0.2, 0) is 4.74 Å². The predicted octanol–water partition coefficient (Wildman–Crippen LogP) is 1.22. The van der Waals surface area contributed by atoms with Gasteiger partial charge < -0.3 is 20.3 Å². The summed E-state index contributed by atoms with van der Waals surface area (Å²) in [5.41, 5.74) is 2.24. The van der Waals surface area contributed by atoms with Gasteiger partial charge in [-0.2, -0.15) is 0 Å². The maximum absolute atomic E-state index is 5.84. The Morgan fingerprint density at radius 1 is 1.45 bits per heavy atom. The lowest BCUT2D eigenvalue weighted by molar-refractivity contribution is -0.914. The van der Waals surface area contributed by atoms with Crippen LogP contribution in [0.2, 0.25) is 0 Å². The number of thiocarbonyl (C=S) groups is 1. The number of aryl methyl sites for hydroxylation is 1. The first kappa shape index (κ1) is 17.2. The minimum Gasteiger partial charge on any atom is -0.365 e. The lowest BCUT2D eigenvalue weighted by Crippen LogP contribution is -3.15. The summed E-state index contributed by atoms with van der Waals surface area (Å²) in [5, 5.41) is 7.16. The molecule has 2 rings (SSSR count). The van der Waals surface area contributed by atoms with Crippen molar-refractivity contribution in [1.29, 1.82) is 0 Å². The van der Waals surface area contributed by atoms with Crippen LogP contribution in [0.5, 0.6) is 0 Å². The molecular formula is C17H28N3OS+. The summed E-state index contributed by atoms with van der Waals surface area (Å²) in [5.74, 6) is 0.728. The van der Waals surface area contributed by atoms with Crippen molar-refractivity contribution in [2.45, 2.75) is 26.9 Å². The molecule has 0 bridgehead atoms. The molecule has 1 aliphatic rings. The fraction of sp³-hybridized carbons (Fsp3) is 0.588. The fourth-order valence-electron chi connectivity index (χ4n) is 2.85. The molecule has 1 aromatic carbocycles. The molecule has 3 N–H and O–H groups in total. The van der Waals surface area contributed by atoms with Gasteiger partial charge in [0.1, 0.15) is 19.2 Å². The van der Waals surface area contributed by atoms with Gasteiger partial charge in [-0.3, -0.25) is 0 Å². The summed E-state index contributed by atoms with van der Waals surface area (Å²) in [6.45, 7) is 11.6. The van der Waals surface area contributed by atoms with Gasteiger partial charge in [-0.05, 0) is 36.8 Å². The topological polar surface area (TPSA) is 37.7 Å². The molecule has 4 nitrogen and oxygen atoms in total. The molecule has 1 aromatic rings. The van der Waals surface area contributed by atoms with Crippen molar-refractivity contribution in [3.05, 3.63) is 29.8 Å². The Bertz CT molecular complexity index is 493. The number of hydrogen-bond acceptors (Lipinski definition) is 2. The van der Waals surface area contributed by atoms with Gasteiger partial charge in [-0.1, -0.05) is 26.0 Å². The van der Waals surface area contributed by atoms with Crippen molar-refractivity contribution >= 4 is 23.0 Å². The Kier molecular flexibility index (Phi) is 6.61. The lowest BCUT2D eigenvalue weighted by atomic mass is 10.2. The third-order valence-corrected chi connectivity index (χ3v) is 4.04. The number of quaternary nitrogens is 1. The highest BCUT2D eigenvalue weighted by atomic mass is 32.1. The Balaban J connectivity index is 1.73. The molecule has 1 unspecified atom stereocenters. The Morgan fingerprint density at radius 2 is 2.27 bits per heavy atom. The van der Waals surface area contributed by atoms with E-state index in [0.717, 1.165) is 37.8 Å². The van der Waals surface area contributed by atoms with Gasteiger partial charge in [0.15, 0.2) is 5.11 Å². The Hall–Kier alpha value is -1.17. The van der Waals surface area contributed by atoms with Crippen molar-refractivity contribution in [3.8, 4) is 0 Å². The zero-order valence-corrected chi connectivity index (χ0v) is 14.6. The highest BCUT2D eigenvalue weighted by Crippen LogP contribution is 2.09. The molecule has 0 aromatic heterocycles. The summed E-state index contributed by atoms with van der Waals surface area (Å²) in [4.78, 5) is 1.63. The second kappa shape index (κ2) is 8.46. The molecule has 22 heavy (non-hydrogen) atoms. The zero-order valence-electron chi connectivity index (χ0n) is 13.8. The number of rotatable bonds is 5. The number of ether oxygens (including phenoxy) is 1. The normalized spacial score (nSPS) is 21.6. The minimum atomic E-state index is 0.236. The van der Waals surface area contributed by atoms with Gasteiger partial charge in [-0.25, -0.2) is 0 Å². The molecule has 122 valence electrons. The second-order valence-corrected chi connectivity index (χ2v) is 6.91. The molecule has 0 radical (unpaired) electrons. The van der Waals surface area contributed by atoms with E-state index in [1.807, 2.05) is 12.1 Å². The van der Waals surface area contributed by atoms with Crippen LogP contribution in [0.15, 0.2) is 24.3 Å². The summed E-state index contributed by atoms with van der Waals surface area (Å²) < 4.78 is 5.84. The average molecular weight is 322 g/mol. The first-order valence-electron chi connectivity index (χ1n) is 8.09. The van der Waals surface area contributed by atoms with Crippen LogP contribution in [0.25, 0.3) is 0 Å². The quantitative estimate of drug-likeness (QED) is 0.713.